The van der Waals surface area contributed by atoms with E-state index in [0.717, 1.165) is 55.7 Å². The van der Waals surface area contributed by atoms with Crippen LogP contribution in [0.1, 0.15) is 11.5 Å². The van der Waals surface area contributed by atoms with Crippen molar-refractivity contribution in [1.29, 1.82) is 0 Å². The Morgan fingerprint density at radius 1 is 0.500 bits per heavy atom. The average Bonchev–Trinajstić information content (AvgIpc) is 3.95. The molecule has 0 radical (unpaired) electrons. The van der Waals surface area contributed by atoms with Crippen molar-refractivity contribution in [3.05, 3.63) is 175 Å². The Hall–Kier alpha value is -6.78. The second kappa shape index (κ2) is 10.4. The van der Waals surface area contributed by atoms with Crippen LogP contribution in [0, 0.1) is 0 Å². The Balaban J connectivity index is 1.13. The summed E-state index contributed by atoms with van der Waals surface area (Å²) in [4.78, 5) is 0. The SMILES string of the molecule is C1=CC2Oc3ccc4c5ccccc5n(-c5cccc(-c6ccccc6-n6c7ccccc7c7ccc8oc9ccccc9c8c76)c5)c4c3C2C=C1. The molecule has 3 aromatic heterocycles. The van der Waals surface area contributed by atoms with Gasteiger partial charge in [-0.15, -0.1) is 0 Å². The van der Waals surface area contributed by atoms with E-state index in [2.05, 4.69) is 173 Å². The largest absolute Gasteiger partial charge is 0.485 e. The first-order valence-electron chi connectivity index (χ1n) is 17.9. The highest BCUT2D eigenvalue weighted by Crippen LogP contribution is 2.48. The zero-order chi connectivity index (χ0) is 33.9. The Bertz CT molecular complexity index is 3190. The monoisotopic (exact) mass is 666 g/mol. The van der Waals surface area contributed by atoms with Crippen molar-refractivity contribution in [2.75, 3.05) is 0 Å². The number of fused-ring (bicyclic) bond motifs is 14. The van der Waals surface area contributed by atoms with Gasteiger partial charge in [-0.1, -0.05) is 103 Å². The van der Waals surface area contributed by atoms with Crippen molar-refractivity contribution < 1.29 is 9.15 Å². The summed E-state index contributed by atoms with van der Waals surface area (Å²) in [5.41, 5.74) is 12.3. The Kier molecular flexibility index (Phi) is 5.58. The second-order valence-corrected chi connectivity index (χ2v) is 14.0. The topological polar surface area (TPSA) is 32.2 Å². The summed E-state index contributed by atoms with van der Waals surface area (Å²) in [5, 5.41) is 7.18. The third-order valence-electron chi connectivity index (χ3n) is 11.3. The molecular weight excluding hydrogens is 637 g/mol. The zero-order valence-corrected chi connectivity index (χ0v) is 28.0. The van der Waals surface area contributed by atoms with Crippen molar-refractivity contribution in [2.24, 2.45) is 0 Å². The molecule has 4 nitrogen and oxygen atoms in total. The Morgan fingerprint density at radius 3 is 2.10 bits per heavy atom. The fourth-order valence-electron chi connectivity index (χ4n) is 9.10. The molecule has 2 atom stereocenters. The summed E-state index contributed by atoms with van der Waals surface area (Å²) >= 11 is 0. The van der Waals surface area contributed by atoms with Crippen molar-refractivity contribution in [1.82, 2.24) is 9.13 Å². The van der Waals surface area contributed by atoms with Gasteiger partial charge in [-0.2, -0.15) is 0 Å². The van der Waals surface area contributed by atoms with Gasteiger partial charge in [-0.25, -0.2) is 0 Å². The third kappa shape index (κ3) is 3.70. The first-order valence-corrected chi connectivity index (χ1v) is 17.9. The molecule has 7 aromatic carbocycles. The van der Waals surface area contributed by atoms with Gasteiger partial charge < -0.3 is 18.3 Å². The molecule has 52 heavy (non-hydrogen) atoms. The molecule has 244 valence electrons. The summed E-state index contributed by atoms with van der Waals surface area (Å²) in [7, 11) is 0. The first-order chi connectivity index (χ1) is 25.8. The van der Waals surface area contributed by atoms with Crippen molar-refractivity contribution >= 4 is 65.6 Å². The number of para-hydroxylation sites is 4. The molecule has 0 saturated carbocycles. The van der Waals surface area contributed by atoms with E-state index in [1.54, 1.807) is 0 Å². The lowest BCUT2D eigenvalue weighted by Crippen LogP contribution is -2.15. The molecular formula is C48H30N2O2. The van der Waals surface area contributed by atoms with E-state index in [1.807, 2.05) is 6.07 Å². The van der Waals surface area contributed by atoms with Gasteiger partial charge in [0.05, 0.1) is 33.1 Å². The van der Waals surface area contributed by atoms with Crippen LogP contribution in [0.4, 0.5) is 0 Å². The van der Waals surface area contributed by atoms with E-state index in [4.69, 9.17) is 9.15 Å². The predicted octanol–water partition coefficient (Wildman–Crippen LogP) is 12.4. The van der Waals surface area contributed by atoms with Crippen LogP contribution in [0.15, 0.2) is 174 Å². The second-order valence-electron chi connectivity index (χ2n) is 14.0. The smallest absolute Gasteiger partial charge is 0.137 e. The maximum atomic E-state index is 6.52. The summed E-state index contributed by atoms with van der Waals surface area (Å²) < 4.78 is 17.8. The molecule has 0 spiro atoms. The number of nitrogens with zero attached hydrogens (tertiary/aromatic N) is 2. The van der Waals surface area contributed by atoms with Crippen LogP contribution in [0.25, 0.3) is 88.1 Å². The third-order valence-corrected chi connectivity index (χ3v) is 11.3. The highest BCUT2D eigenvalue weighted by atomic mass is 16.5. The van der Waals surface area contributed by atoms with Gasteiger partial charge in [0, 0.05) is 49.7 Å². The quantitative estimate of drug-likeness (QED) is 0.188. The average molecular weight is 667 g/mol. The van der Waals surface area contributed by atoms with E-state index in [0.29, 0.717) is 0 Å². The lowest BCUT2D eigenvalue weighted by molar-refractivity contribution is 0.269. The molecule has 10 aromatic rings. The fourth-order valence-corrected chi connectivity index (χ4v) is 9.10. The fraction of sp³-hybridized carbons (Fsp3) is 0.0417. The number of hydrogen-bond acceptors (Lipinski definition) is 2. The van der Waals surface area contributed by atoms with Crippen LogP contribution in [0.3, 0.4) is 0 Å². The van der Waals surface area contributed by atoms with Gasteiger partial charge in [-0.05, 0) is 72.3 Å². The van der Waals surface area contributed by atoms with E-state index < -0.39 is 0 Å². The standard InChI is InChI=1S/C48H30N2O2/c1-6-19-38(50-40-21-8-3-16-33(40)35-25-27-44-46(48(35)50)37-18-5-10-23-42(37)52-44)31(14-1)29-12-11-13-30(28-29)49-39-20-7-2-15-32(39)34-24-26-43-45(47(34)49)36-17-4-9-22-41(36)51-43/h1-28,36,41H. The maximum Gasteiger partial charge on any atom is 0.137 e. The van der Waals surface area contributed by atoms with Gasteiger partial charge in [0.1, 0.15) is 23.0 Å². The molecule has 4 heteroatoms. The van der Waals surface area contributed by atoms with Gasteiger partial charge in [0.15, 0.2) is 0 Å². The molecule has 0 N–H and O–H groups in total. The summed E-state index contributed by atoms with van der Waals surface area (Å²) in [6.45, 7) is 0. The number of hydrogen-bond donors (Lipinski definition) is 0. The molecule has 2 aliphatic rings. The summed E-state index contributed by atoms with van der Waals surface area (Å²) in [5.74, 6) is 1.13. The van der Waals surface area contributed by atoms with Crippen LogP contribution < -0.4 is 4.74 Å². The zero-order valence-electron chi connectivity index (χ0n) is 28.0. The molecule has 2 unspecified atom stereocenters. The van der Waals surface area contributed by atoms with E-state index >= 15 is 0 Å². The first kappa shape index (κ1) is 28.0. The van der Waals surface area contributed by atoms with Crippen LogP contribution >= 0.6 is 0 Å². The van der Waals surface area contributed by atoms with Crippen LogP contribution in [0.5, 0.6) is 5.75 Å². The number of furan rings is 1. The number of rotatable bonds is 3. The molecule has 1 aliphatic heterocycles. The van der Waals surface area contributed by atoms with E-state index in [1.165, 1.54) is 43.7 Å². The van der Waals surface area contributed by atoms with E-state index in [-0.39, 0.29) is 12.0 Å². The van der Waals surface area contributed by atoms with Crippen molar-refractivity contribution in [3.8, 4) is 28.3 Å². The highest BCUT2D eigenvalue weighted by Gasteiger charge is 2.35. The van der Waals surface area contributed by atoms with Crippen LogP contribution in [-0.2, 0) is 0 Å². The molecule has 4 heterocycles. The normalized spacial score (nSPS) is 16.5. The van der Waals surface area contributed by atoms with Crippen molar-refractivity contribution in [3.63, 3.8) is 0 Å². The van der Waals surface area contributed by atoms with Gasteiger partial charge in [-0.3, -0.25) is 0 Å². The molecule has 0 saturated heterocycles. The van der Waals surface area contributed by atoms with E-state index in [9.17, 15) is 0 Å². The lowest BCUT2D eigenvalue weighted by atomic mass is 9.90. The highest BCUT2D eigenvalue weighted by molar-refractivity contribution is 6.24. The number of allylic oxidation sites excluding steroid dienone is 2. The van der Waals surface area contributed by atoms with Gasteiger partial charge in [0.25, 0.3) is 0 Å². The Morgan fingerprint density at radius 2 is 1.21 bits per heavy atom. The number of aromatic nitrogens is 2. The molecule has 0 fully saturated rings. The summed E-state index contributed by atoms with van der Waals surface area (Å²) in [6, 6.07) is 52.4. The molecule has 0 bridgehead atoms. The minimum absolute atomic E-state index is 0.0142. The number of benzene rings is 7. The van der Waals surface area contributed by atoms with Crippen LogP contribution in [-0.4, -0.2) is 15.2 Å². The Labute approximate surface area is 298 Å². The molecule has 1 aliphatic carbocycles. The van der Waals surface area contributed by atoms with Gasteiger partial charge >= 0.3 is 0 Å². The lowest BCUT2D eigenvalue weighted by Gasteiger charge is -2.17. The number of ether oxygens (including phenoxy) is 1. The van der Waals surface area contributed by atoms with Gasteiger partial charge in [0.2, 0.25) is 0 Å². The molecule has 0 amide bonds. The maximum absolute atomic E-state index is 6.52. The predicted molar refractivity (Wildman–Crippen MR) is 213 cm³/mol. The molecule has 12 rings (SSSR count). The van der Waals surface area contributed by atoms with Crippen LogP contribution in [0.2, 0.25) is 0 Å². The minimum atomic E-state index is 0.0142. The summed E-state index contributed by atoms with van der Waals surface area (Å²) in [6.07, 6.45) is 8.72. The van der Waals surface area contributed by atoms with Crippen molar-refractivity contribution in [2.45, 2.75) is 12.0 Å². The minimum Gasteiger partial charge on any atom is -0.485 e.